The van der Waals surface area contributed by atoms with Crippen LogP contribution in [0, 0.1) is 5.82 Å². The molecule has 0 unspecified atom stereocenters. The molecule has 146 valence electrons. The van der Waals surface area contributed by atoms with Gasteiger partial charge < -0.3 is 14.4 Å². The zero-order valence-electron chi connectivity index (χ0n) is 16.3. The highest BCUT2D eigenvalue weighted by Crippen LogP contribution is 2.36. The summed E-state index contributed by atoms with van der Waals surface area (Å²) in [5.41, 5.74) is 3.93. The molecular weight excluding hydrogens is 365 g/mol. The Bertz CT molecular complexity index is 1130. The Morgan fingerprint density at radius 3 is 2.38 bits per heavy atom. The molecule has 6 heteroatoms. The van der Waals surface area contributed by atoms with Gasteiger partial charge in [-0.1, -0.05) is 30.3 Å². The molecule has 1 aliphatic rings. The predicted octanol–water partition coefficient (Wildman–Crippen LogP) is 2.56. The van der Waals surface area contributed by atoms with Crippen LogP contribution in [0.5, 0.6) is 0 Å². The van der Waals surface area contributed by atoms with Gasteiger partial charge in [-0.05, 0) is 29.8 Å². The van der Waals surface area contributed by atoms with E-state index in [1.165, 1.54) is 12.1 Å². The molecule has 1 fully saturated rings. The lowest BCUT2D eigenvalue weighted by atomic mass is 10.1. The van der Waals surface area contributed by atoms with E-state index >= 15 is 0 Å². The van der Waals surface area contributed by atoms with Crippen molar-refractivity contribution >= 4 is 16.9 Å². The molecule has 5 nitrogen and oxygen atoms in total. The lowest BCUT2D eigenvalue weighted by Gasteiger charge is -2.31. The first-order valence-corrected chi connectivity index (χ1v) is 9.94. The van der Waals surface area contributed by atoms with E-state index in [1.54, 1.807) is 23.4 Å². The monoisotopic (exact) mass is 388 g/mol. The highest BCUT2D eigenvalue weighted by molar-refractivity contribution is 6.02. The Hall–Kier alpha value is -3.25. The van der Waals surface area contributed by atoms with Crippen LogP contribution >= 0.6 is 0 Å². The minimum absolute atomic E-state index is 0.247. The lowest BCUT2D eigenvalue weighted by molar-refractivity contribution is -0.880. The van der Waals surface area contributed by atoms with Gasteiger partial charge in [0, 0.05) is 17.4 Å². The second kappa shape index (κ2) is 7.29. The molecule has 3 heterocycles. The van der Waals surface area contributed by atoms with Gasteiger partial charge in [-0.25, -0.2) is 14.4 Å². The summed E-state index contributed by atoms with van der Waals surface area (Å²) in [7, 11) is 2.23. The van der Waals surface area contributed by atoms with Gasteiger partial charge in [0.1, 0.15) is 18.0 Å². The summed E-state index contributed by atoms with van der Waals surface area (Å²) >= 11 is 0. The zero-order chi connectivity index (χ0) is 19.8. The van der Waals surface area contributed by atoms with E-state index in [2.05, 4.69) is 35.3 Å². The number of nitrogens with zero attached hydrogens (tertiary/aromatic N) is 4. The fourth-order valence-electron chi connectivity index (χ4n) is 4.02. The highest BCUT2D eigenvalue weighted by Gasteiger charge is 2.24. The van der Waals surface area contributed by atoms with E-state index in [-0.39, 0.29) is 5.82 Å². The van der Waals surface area contributed by atoms with Crippen LogP contribution in [0.2, 0.25) is 0 Å². The molecule has 1 saturated heterocycles. The zero-order valence-corrected chi connectivity index (χ0v) is 16.3. The molecule has 1 aliphatic heterocycles. The van der Waals surface area contributed by atoms with Crippen LogP contribution in [0.1, 0.15) is 0 Å². The van der Waals surface area contributed by atoms with Gasteiger partial charge in [0.15, 0.2) is 5.65 Å². The van der Waals surface area contributed by atoms with Gasteiger partial charge >= 0.3 is 0 Å². The van der Waals surface area contributed by atoms with Crippen LogP contribution in [-0.4, -0.2) is 47.8 Å². The van der Waals surface area contributed by atoms with E-state index < -0.39 is 0 Å². The smallest absolute Gasteiger partial charge is 0.150 e. The first-order valence-electron chi connectivity index (χ1n) is 9.94. The number of halogens is 1. The summed E-state index contributed by atoms with van der Waals surface area (Å²) in [6.07, 6.45) is 3.73. The van der Waals surface area contributed by atoms with Gasteiger partial charge in [-0.2, -0.15) is 0 Å². The topological polar surface area (TPSA) is 38.4 Å². The van der Waals surface area contributed by atoms with Gasteiger partial charge in [0.2, 0.25) is 0 Å². The molecule has 0 amide bonds. The molecule has 2 aromatic carbocycles. The second-order valence-corrected chi connectivity index (χ2v) is 7.60. The van der Waals surface area contributed by atoms with Gasteiger partial charge in [0.05, 0.1) is 38.6 Å². The van der Waals surface area contributed by atoms with Crippen LogP contribution in [0.15, 0.2) is 67.1 Å². The van der Waals surface area contributed by atoms with Crippen LogP contribution in [0.3, 0.4) is 0 Å². The van der Waals surface area contributed by atoms with E-state index in [0.29, 0.717) is 0 Å². The Morgan fingerprint density at radius 1 is 0.931 bits per heavy atom. The third kappa shape index (κ3) is 3.25. The molecule has 5 rings (SSSR count). The minimum Gasteiger partial charge on any atom is -0.345 e. The van der Waals surface area contributed by atoms with Crippen molar-refractivity contribution in [2.24, 2.45) is 0 Å². The number of quaternary nitrogens is 1. The number of hydrogen-bond donors (Lipinski definition) is 1. The van der Waals surface area contributed by atoms with Crippen LogP contribution < -0.4 is 9.80 Å². The molecule has 0 saturated carbocycles. The van der Waals surface area contributed by atoms with Crippen LogP contribution in [0.25, 0.3) is 27.8 Å². The molecule has 0 spiro atoms. The largest absolute Gasteiger partial charge is 0.345 e. The lowest BCUT2D eigenvalue weighted by Crippen LogP contribution is -3.12. The average molecular weight is 388 g/mol. The SMILES string of the molecule is C[NH+]1CCN(c2ncnc3c2c(-c2ccccc2)cn3-c2ccc(F)cc2)CC1. The molecule has 0 radical (unpaired) electrons. The first kappa shape index (κ1) is 17.8. The fourth-order valence-corrected chi connectivity index (χ4v) is 4.02. The van der Waals surface area contributed by atoms with Crippen molar-refractivity contribution in [3.05, 3.63) is 72.9 Å². The number of hydrogen-bond acceptors (Lipinski definition) is 3. The van der Waals surface area contributed by atoms with Crippen molar-refractivity contribution in [2.75, 3.05) is 38.1 Å². The summed E-state index contributed by atoms with van der Waals surface area (Å²) in [6.45, 7) is 4.11. The standard InChI is InChI=1S/C23H22FN5/c1-27-11-13-28(14-12-27)22-21-20(17-5-3-2-4-6-17)15-29(23(21)26-16-25-22)19-9-7-18(24)8-10-19/h2-10,15-16H,11-14H2,1H3/p+1. The maximum absolute atomic E-state index is 13.5. The molecule has 1 N–H and O–H groups in total. The van der Waals surface area contributed by atoms with Crippen molar-refractivity contribution in [2.45, 2.75) is 0 Å². The number of benzene rings is 2. The Kier molecular flexibility index (Phi) is 4.48. The molecular formula is C23H23FN5+. The number of rotatable bonds is 3. The summed E-state index contributed by atoms with van der Waals surface area (Å²) in [5, 5.41) is 1.04. The average Bonchev–Trinajstić information content (AvgIpc) is 3.15. The van der Waals surface area contributed by atoms with Crippen LogP contribution in [-0.2, 0) is 0 Å². The Labute approximate surface area is 169 Å². The fraction of sp³-hybridized carbons (Fsp3) is 0.217. The van der Waals surface area contributed by atoms with Crippen LogP contribution in [0.4, 0.5) is 10.2 Å². The summed E-state index contributed by atoms with van der Waals surface area (Å²) < 4.78 is 15.5. The molecule has 0 atom stereocenters. The minimum atomic E-state index is -0.247. The first-order chi connectivity index (χ1) is 14.2. The number of likely N-dealkylation sites (N-methyl/N-ethyl adjacent to an activating group) is 1. The quantitative estimate of drug-likeness (QED) is 0.586. The van der Waals surface area contributed by atoms with E-state index in [4.69, 9.17) is 4.98 Å². The molecule has 0 bridgehead atoms. The molecule has 4 aromatic rings. The molecule has 2 aromatic heterocycles. The van der Waals surface area contributed by atoms with E-state index in [1.807, 2.05) is 22.8 Å². The number of nitrogens with one attached hydrogen (secondary N) is 1. The predicted molar refractivity (Wildman–Crippen MR) is 113 cm³/mol. The van der Waals surface area contributed by atoms with E-state index in [0.717, 1.165) is 59.8 Å². The van der Waals surface area contributed by atoms with Crippen molar-refractivity contribution in [1.29, 1.82) is 0 Å². The maximum Gasteiger partial charge on any atom is 0.150 e. The number of aromatic nitrogens is 3. The van der Waals surface area contributed by atoms with Crippen molar-refractivity contribution in [3.8, 4) is 16.8 Å². The van der Waals surface area contributed by atoms with E-state index in [9.17, 15) is 4.39 Å². The maximum atomic E-state index is 13.5. The van der Waals surface area contributed by atoms with Crippen molar-refractivity contribution < 1.29 is 9.29 Å². The number of anilines is 1. The summed E-state index contributed by atoms with van der Waals surface area (Å²) in [5.74, 6) is 0.728. The third-order valence-electron chi connectivity index (χ3n) is 5.67. The molecule has 0 aliphatic carbocycles. The normalized spacial score (nSPS) is 15.2. The van der Waals surface area contributed by atoms with Gasteiger partial charge in [-0.3, -0.25) is 0 Å². The summed E-state index contributed by atoms with van der Waals surface area (Å²) in [6, 6.07) is 16.8. The molecule has 29 heavy (non-hydrogen) atoms. The Balaban J connectivity index is 1.74. The van der Waals surface area contributed by atoms with Crippen molar-refractivity contribution in [1.82, 2.24) is 14.5 Å². The number of piperazine rings is 1. The van der Waals surface area contributed by atoms with Gasteiger partial charge in [0.25, 0.3) is 0 Å². The summed E-state index contributed by atoms with van der Waals surface area (Å²) in [4.78, 5) is 13.2. The highest BCUT2D eigenvalue weighted by atomic mass is 19.1. The third-order valence-corrected chi connectivity index (χ3v) is 5.67. The number of fused-ring (bicyclic) bond motifs is 1. The van der Waals surface area contributed by atoms with Gasteiger partial charge in [-0.15, -0.1) is 0 Å². The Morgan fingerprint density at radius 2 is 1.66 bits per heavy atom. The second-order valence-electron chi connectivity index (χ2n) is 7.60. The van der Waals surface area contributed by atoms with Crippen molar-refractivity contribution in [3.63, 3.8) is 0 Å².